The van der Waals surface area contributed by atoms with Gasteiger partial charge in [-0.3, -0.25) is 19.2 Å². The summed E-state index contributed by atoms with van der Waals surface area (Å²) in [6, 6.07) is 15.2. The predicted molar refractivity (Wildman–Crippen MR) is 193 cm³/mol. The summed E-state index contributed by atoms with van der Waals surface area (Å²) in [5, 5.41) is 13.7. The van der Waals surface area contributed by atoms with Crippen LogP contribution < -0.4 is 15.1 Å². The average Bonchev–Trinajstić information content (AvgIpc) is 3.71. The number of aliphatic hydroxyl groups excluding tert-OH is 1. The summed E-state index contributed by atoms with van der Waals surface area (Å²) in [7, 11) is 0. The molecule has 12 heteroatoms. The Morgan fingerprint density at radius 2 is 1.74 bits per heavy atom. The third-order valence-corrected chi connectivity index (χ3v) is 10.9. The van der Waals surface area contributed by atoms with Gasteiger partial charge in [0.25, 0.3) is 5.91 Å². The lowest BCUT2D eigenvalue weighted by Gasteiger charge is -2.39. The molecular formula is C38H45BrN4O7. The first-order valence-corrected chi connectivity index (χ1v) is 18.2. The van der Waals surface area contributed by atoms with Crippen LogP contribution in [0.25, 0.3) is 0 Å². The molecular weight excluding hydrogens is 704 g/mol. The van der Waals surface area contributed by atoms with Crippen molar-refractivity contribution in [1.29, 1.82) is 0 Å². The molecule has 0 radical (unpaired) electrons. The number of nitrogens with zero attached hydrogens (tertiary/aromatic N) is 3. The molecule has 0 unspecified atom stereocenters. The lowest BCUT2D eigenvalue weighted by atomic mass is 9.74. The largest absolute Gasteiger partial charge is 0.460 e. The van der Waals surface area contributed by atoms with E-state index in [4.69, 9.17) is 9.47 Å². The number of allylic oxidation sites excluding steroid dienone is 1. The molecule has 5 bridgehead atoms. The second-order valence-electron chi connectivity index (χ2n) is 13.3. The molecule has 4 heterocycles. The van der Waals surface area contributed by atoms with Crippen molar-refractivity contribution in [2.24, 2.45) is 11.8 Å². The van der Waals surface area contributed by atoms with Crippen molar-refractivity contribution < 1.29 is 33.8 Å². The van der Waals surface area contributed by atoms with Crippen LogP contribution in [0.2, 0.25) is 0 Å². The summed E-state index contributed by atoms with van der Waals surface area (Å²) >= 11 is 3.59. The number of hydrogen-bond donors (Lipinski definition) is 2. The monoisotopic (exact) mass is 748 g/mol. The Morgan fingerprint density at radius 1 is 1.02 bits per heavy atom. The van der Waals surface area contributed by atoms with Crippen molar-refractivity contribution in [2.45, 2.75) is 69.9 Å². The molecule has 1 spiro atoms. The van der Waals surface area contributed by atoms with Crippen molar-refractivity contribution >= 4 is 51.0 Å². The fraction of sp³-hybridized carbons (Fsp3) is 0.474. The minimum atomic E-state index is -1.50. The number of esters is 1. The molecule has 11 nitrogen and oxygen atoms in total. The number of likely N-dealkylation sites (tertiary alicyclic amines) is 1. The smallest absolute Gasteiger partial charge is 0.313 e. The fourth-order valence-electron chi connectivity index (χ4n) is 7.82. The highest BCUT2D eigenvalue weighted by Crippen LogP contribution is 2.59. The Kier molecular flexibility index (Phi) is 10.8. The van der Waals surface area contributed by atoms with Gasteiger partial charge in [0, 0.05) is 41.9 Å². The maximum atomic E-state index is 15.3. The van der Waals surface area contributed by atoms with Gasteiger partial charge in [-0.25, -0.2) is 0 Å². The number of halogens is 1. The van der Waals surface area contributed by atoms with Crippen LogP contribution in [-0.2, 0) is 35.1 Å². The third kappa shape index (κ3) is 6.60. The van der Waals surface area contributed by atoms with E-state index in [0.717, 1.165) is 24.3 Å². The van der Waals surface area contributed by atoms with Gasteiger partial charge >= 0.3 is 5.97 Å². The van der Waals surface area contributed by atoms with Crippen LogP contribution in [-0.4, -0.2) is 96.4 Å². The van der Waals surface area contributed by atoms with Crippen molar-refractivity contribution in [3.05, 3.63) is 82.9 Å². The van der Waals surface area contributed by atoms with E-state index >= 15 is 4.79 Å². The standard InChI is InChI=1S/C38H45BrN4O7/c1-4-41(5-2)26-15-17-27(18-16-26)42-19-11-7-10-14-30(45)40-22-24(3)49-37(48)31-32-35(46)43(28(23-44)20-25-12-8-6-9-13-25)34(36(42)47)38(32)21-29(39)33(31)50-38/h6-9,11-13,15-18,21,24,28,31-34,44H,4-5,10,14,19-20,22-23H2,1-3H3,(H,40,45)/b11-7-/t24-,28-,31+,32-,33+,34+,38-/m1/s1. The van der Waals surface area contributed by atoms with E-state index in [2.05, 4.69) is 40.0 Å². The Morgan fingerprint density at radius 3 is 2.42 bits per heavy atom. The summed E-state index contributed by atoms with van der Waals surface area (Å²) in [6.07, 6.45) is 4.93. The fourth-order valence-corrected chi connectivity index (χ4v) is 8.55. The summed E-state index contributed by atoms with van der Waals surface area (Å²) in [5.41, 5.74) is 1.01. The maximum Gasteiger partial charge on any atom is 0.313 e. The number of amides is 3. The summed E-state index contributed by atoms with van der Waals surface area (Å²) in [4.78, 5) is 61.8. The summed E-state index contributed by atoms with van der Waals surface area (Å²) in [5.74, 6) is -3.81. The van der Waals surface area contributed by atoms with Crippen molar-refractivity contribution in [1.82, 2.24) is 10.2 Å². The number of hydrogen-bond acceptors (Lipinski definition) is 8. The lowest BCUT2D eigenvalue weighted by Crippen LogP contribution is -2.59. The second kappa shape index (κ2) is 15.1. The van der Waals surface area contributed by atoms with Gasteiger partial charge in [-0.05, 0) is 69.5 Å². The number of nitrogens with one attached hydrogen (secondary N) is 1. The Hall–Kier alpha value is -4.00. The van der Waals surface area contributed by atoms with Crippen LogP contribution in [0.1, 0.15) is 39.2 Å². The SMILES string of the molecule is CCN(CC)c1ccc(N2C/C=C\CCC(=O)NC[C@@H](C)OC(=O)[C@@H]3[C@H]4O[C@@]5(C=C4Br)[C@H](C2=O)N([C@@H](CO)Cc2ccccc2)C(=O)[C@@H]35)cc1. The molecule has 266 valence electrons. The molecule has 2 fully saturated rings. The normalized spacial score (nSPS) is 29.7. The zero-order valence-corrected chi connectivity index (χ0v) is 30.3. The van der Waals surface area contributed by atoms with E-state index in [-0.39, 0.29) is 31.8 Å². The van der Waals surface area contributed by atoms with Crippen LogP contribution in [0.4, 0.5) is 11.4 Å². The highest BCUT2D eigenvalue weighted by atomic mass is 79.9. The zero-order chi connectivity index (χ0) is 35.6. The van der Waals surface area contributed by atoms with E-state index in [1.165, 1.54) is 4.90 Å². The van der Waals surface area contributed by atoms with Crippen LogP contribution in [0.15, 0.2) is 77.3 Å². The quantitative estimate of drug-likeness (QED) is 0.309. The number of carbonyl (C=O) groups excluding carboxylic acids is 4. The van der Waals surface area contributed by atoms with Crippen molar-refractivity contribution in [3.63, 3.8) is 0 Å². The highest BCUT2D eigenvalue weighted by molar-refractivity contribution is 9.11. The topological polar surface area (TPSA) is 129 Å². The van der Waals surface area contributed by atoms with Gasteiger partial charge in [-0.15, -0.1) is 0 Å². The highest BCUT2D eigenvalue weighted by Gasteiger charge is 2.75. The van der Waals surface area contributed by atoms with Crippen LogP contribution in [0.5, 0.6) is 0 Å². The number of carbonyl (C=O) groups is 4. The number of aliphatic hydroxyl groups is 1. The van der Waals surface area contributed by atoms with Gasteiger partial charge in [-0.1, -0.05) is 58.4 Å². The molecule has 50 heavy (non-hydrogen) atoms. The molecule has 4 aliphatic heterocycles. The molecule has 0 aliphatic carbocycles. The predicted octanol–water partition coefficient (Wildman–Crippen LogP) is 3.74. The first kappa shape index (κ1) is 35.8. The lowest BCUT2D eigenvalue weighted by molar-refractivity contribution is -0.159. The molecule has 4 aliphatic rings. The molecule has 0 saturated carbocycles. The number of anilines is 2. The van der Waals surface area contributed by atoms with Gasteiger partial charge in [0.1, 0.15) is 29.8 Å². The molecule has 2 aromatic carbocycles. The van der Waals surface area contributed by atoms with Gasteiger partial charge < -0.3 is 34.6 Å². The minimum Gasteiger partial charge on any atom is -0.460 e. The number of rotatable bonds is 8. The van der Waals surface area contributed by atoms with E-state index in [9.17, 15) is 19.5 Å². The summed E-state index contributed by atoms with van der Waals surface area (Å²) in [6.45, 7) is 7.35. The van der Waals surface area contributed by atoms with Gasteiger partial charge in [0.15, 0.2) is 0 Å². The minimum absolute atomic E-state index is 0.113. The van der Waals surface area contributed by atoms with Gasteiger partial charge in [0.05, 0.1) is 25.1 Å². The average molecular weight is 750 g/mol. The summed E-state index contributed by atoms with van der Waals surface area (Å²) < 4.78 is 13.0. The third-order valence-electron chi connectivity index (χ3n) is 10.2. The molecule has 6 rings (SSSR count). The molecule has 0 aromatic heterocycles. The first-order chi connectivity index (χ1) is 24.1. The van der Waals surface area contributed by atoms with E-state index in [1.54, 1.807) is 17.9 Å². The zero-order valence-electron chi connectivity index (χ0n) is 28.7. The first-order valence-electron chi connectivity index (χ1n) is 17.4. The Labute approximate surface area is 301 Å². The van der Waals surface area contributed by atoms with Gasteiger partial charge in [0.2, 0.25) is 11.8 Å². The molecule has 3 amide bonds. The number of ether oxygens (including phenoxy) is 2. The van der Waals surface area contributed by atoms with Crippen molar-refractivity contribution in [3.8, 4) is 0 Å². The number of cyclic esters (lactones) is 1. The van der Waals surface area contributed by atoms with E-state index in [1.807, 2.05) is 66.7 Å². The number of benzene rings is 2. The molecule has 2 saturated heterocycles. The molecule has 2 aromatic rings. The molecule has 2 N–H and O–H groups in total. The number of fused-ring (bicyclic) bond motifs is 2. The Bertz CT molecular complexity index is 1650. The Balaban J connectivity index is 1.48. The van der Waals surface area contributed by atoms with Crippen LogP contribution in [0, 0.1) is 11.8 Å². The van der Waals surface area contributed by atoms with Crippen molar-refractivity contribution in [2.75, 3.05) is 42.6 Å². The molecule has 7 atom stereocenters. The maximum absolute atomic E-state index is 15.3. The van der Waals surface area contributed by atoms with E-state index < -0.39 is 66.1 Å². The van der Waals surface area contributed by atoms with Crippen LogP contribution >= 0.6 is 15.9 Å². The second-order valence-corrected chi connectivity index (χ2v) is 14.2. The van der Waals surface area contributed by atoms with Gasteiger partial charge in [-0.2, -0.15) is 0 Å². The van der Waals surface area contributed by atoms with E-state index in [0.29, 0.717) is 16.6 Å². The van der Waals surface area contributed by atoms with Crippen LogP contribution in [0.3, 0.4) is 0 Å².